The molecule has 7 heteroatoms. The quantitative estimate of drug-likeness (QED) is 0.143. The number of hydrogen-bond donors (Lipinski definition) is 0. The molecule has 12 rings (SSSR count). The van der Waals surface area contributed by atoms with Gasteiger partial charge in [-0.05, 0) is 97.4 Å². The molecule has 0 amide bonds. The Kier molecular flexibility index (Phi) is 10.4. The molecule has 0 saturated carbocycles. The number of benzene rings is 9. The second-order valence-corrected chi connectivity index (χ2v) is 16.6. The monoisotopic (exact) mass is 869 g/mol. The molecule has 0 N–H and O–H groups in total. The van der Waals surface area contributed by atoms with Gasteiger partial charge in [0.2, 0.25) is 0 Å². The summed E-state index contributed by atoms with van der Waals surface area (Å²) >= 11 is 0. The van der Waals surface area contributed by atoms with E-state index in [1.807, 2.05) is 73.1 Å². The van der Waals surface area contributed by atoms with Gasteiger partial charge in [0, 0.05) is 45.8 Å². The predicted octanol–water partition coefficient (Wildman–Crippen LogP) is 14.8. The van der Waals surface area contributed by atoms with E-state index in [4.69, 9.17) is 29.9 Å². The van der Waals surface area contributed by atoms with Crippen molar-refractivity contribution < 1.29 is 0 Å². The molecule has 3 heterocycles. The summed E-state index contributed by atoms with van der Waals surface area (Å²) in [5, 5.41) is 4.59. The molecule has 0 fully saturated rings. The average molecular weight is 870 g/mol. The molecule has 0 spiro atoms. The molecule has 9 aromatic carbocycles. The van der Waals surface area contributed by atoms with E-state index < -0.39 is 0 Å². The summed E-state index contributed by atoms with van der Waals surface area (Å²) in [5.41, 5.74) is 11.8. The highest BCUT2D eigenvalue weighted by atomic mass is 15.0. The van der Waals surface area contributed by atoms with E-state index >= 15 is 0 Å². The molecule has 0 aliphatic carbocycles. The third-order valence-electron chi connectivity index (χ3n) is 12.2. The van der Waals surface area contributed by atoms with Gasteiger partial charge in [0.15, 0.2) is 34.9 Å². The molecule has 0 aliphatic rings. The van der Waals surface area contributed by atoms with Gasteiger partial charge >= 0.3 is 0 Å². The van der Waals surface area contributed by atoms with Crippen LogP contribution in [-0.4, -0.2) is 34.9 Å². The van der Waals surface area contributed by atoms with Crippen molar-refractivity contribution in [1.29, 1.82) is 0 Å². The highest BCUT2D eigenvalue weighted by molar-refractivity contribution is 5.90. The van der Waals surface area contributed by atoms with Crippen LogP contribution in [0.2, 0.25) is 0 Å². The maximum Gasteiger partial charge on any atom is 0.164 e. The fourth-order valence-corrected chi connectivity index (χ4v) is 8.77. The largest absolute Gasteiger partial charge is 0.265 e. The molecule has 318 valence electrons. The smallest absolute Gasteiger partial charge is 0.164 e. The molecular formula is C61H39N7. The van der Waals surface area contributed by atoms with Gasteiger partial charge in [-0.15, -0.1) is 0 Å². The highest BCUT2D eigenvalue weighted by Crippen LogP contribution is 2.38. The van der Waals surface area contributed by atoms with Gasteiger partial charge in [-0.3, -0.25) is 4.98 Å². The molecule has 12 aromatic rings. The fourth-order valence-electron chi connectivity index (χ4n) is 8.77. The molecule has 0 bridgehead atoms. The molecule has 0 atom stereocenters. The second kappa shape index (κ2) is 17.6. The van der Waals surface area contributed by atoms with E-state index in [0.717, 1.165) is 88.3 Å². The van der Waals surface area contributed by atoms with Crippen LogP contribution in [0.25, 0.3) is 123 Å². The zero-order chi connectivity index (χ0) is 45.2. The Labute approximate surface area is 393 Å². The van der Waals surface area contributed by atoms with E-state index in [9.17, 15) is 0 Å². The van der Waals surface area contributed by atoms with Gasteiger partial charge in [-0.25, -0.2) is 29.9 Å². The first-order chi connectivity index (χ1) is 33.6. The van der Waals surface area contributed by atoms with E-state index in [1.165, 1.54) is 0 Å². The summed E-state index contributed by atoms with van der Waals surface area (Å²) < 4.78 is 0. The summed E-state index contributed by atoms with van der Waals surface area (Å²) in [5.74, 6) is 3.67. The summed E-state index contributed by atoms with van der Waals surface area (Å²) in [6.45, 7) is 0. The van der Waals surface area contributed by atoms with Crippen LogP contribution in [0, 0.1) is 0 Å². The number of hydrogen-bond acceptors (Lipinski definition) is 7. The van der Waals surface area contributed by atoms with Crippen molar-refractivity contribution in [3.63, 3.8) is 0 Å². The van der Waals surface area contributed by atoms with Crippen LogP contribution in [-0.2, 0) is 0 Å². The summed E-state index contributed by atoms with van der Waals surface area (Å²) in [4.78, 5) is 34.7. The number of nitrogens with zero attached hydrogens (tertiary/aromatic N) is 7. The van der Waals surface area contributed by atoms with Gasteiger partial charge in [0.1, 0.15) is 0 Å². The number of rotatable bonds is 9. The minimum atomic E-state index is 0.597. The summed E-state index contributed by atoms with van der Waals surface area (Å²) in [6.07, 6.45) is 3.68. The Morgan fingerprint density at radius 1 is 0.191 bits per heavy atom. The van der Waals surface area contributed by atoms with Crippen LogP contribution in [0.3, 0.4) is 0 Å². The third-order valence-corrected chi connectivity index (χ3v) is 12.2. The zero-order valence-corrected chi connectivity index (χ0v) is 36.6. The van der Waals surface area contributed by atoms with E-state index in [-0.39, 0.29) is 0 Å². The second-order valence-electron chi connectivity index (χ2n) is 16.6. The van der Waals surface area contributed by atoms with E-state index in [2.05, 4.69) is 169 Å². The Balaban J connectivity index is 0.945. The van der Waals surface area contributed by atoms with Crippen molar-refractivity contribution in [2.75, 3.05) is 0 Å². The predicted molar refractivity (Wildman–Crippen MR) is 275 cm³/mol. The number of aromatic nitrogens is 7. The first-order valence-electron chi connectivity index (χ1n) is 22.5. The van der Waals surface area contributed by atoms with Gasteiger partial charge < -0.3 is 0 Å². The molecular weight excluding hydrogens is 831 g/mol. The molecule has 0 unspecified atom stereocenters. The number of fused-ring (bicyclic) bond motifs is 2. The minimum Gasteiger partial charge on any atom is -0.265 e. The van der Waals surface area contributed by atoms with Crippen LogP contribution in [0.5, 0.6) is 0 Å². The fraction of sp³-hybridized carbons (Fsp3) is 0. The Bertz CT molecular complexity index is 3800. The van der Waals surface area contributed by atoms with Crippen molar-refractivity contribution in [1.82, 2.24) is 34.9 Å². The zero-order valence-electron chi connectivity index (χ0n) is 36.6. The molecule has 3 aromatic heterocycles. The van der Waals surface area contributed by atoms with Gasteiger partial charge in [0.25, 0.3) is 0 Å². The van der Waals surface area contributed by atoms with Crippen molar-refractivity contribution in [2.24, 2.45) is 0 Å². The van der Waals surface area contributed by atoms with Gasteiger partial charge in [0.05, 0.1) is 0 Å². The minimum absolute atomic E-state index is 0.597. The standard InChI is InChI=1S/C61H39N7/c1-3-15-43(16-4-1)56-63-58(67-60(65-56)52-27-25-40-13-7-9-19-45(40)35-52)50-23-11-21-47(37-50)48-29-30-54(55(39-48)42-31-33-62-34-32-42)49-22-12-24-51(38-49)59-64-57(44-17-5-2-6-18-44)66-61(68-59)53-28-26-41-14-8-10-20-46(41)36-53/h1-39H. The van der Waals surface area contributed by atoms with Crippen molar-refractivity contribution in [3.8, 4) is 102 Å². The molecule has 0 radical (unpaired) electrons. The topological polar surface area (TPSA) is 90.2 Å². The molecule has 7 nitrogen and oxygen atoms in total. The lowest BCUT2D eigenvalue weighted by Crippen LogP contribution is -2.00. The van der Waals surface area contributed by atoms with Crippen molar-refractivity contribution in [2.45, 2.75) is 0 Å². The van der Waals surface area contributed by atoms with Crippen LogP contribution in [0.1, 0.15) is 0 Å². The van der Waals surface area contributed by atoms with Crippen LogP contribution < -0.4 is 0 Å². The molecule has 0 aliphatic heterocycles. The summed E-state index contributed by atoms with van der Waals surface area (Å²) in [6, 6.07) is 77.2. The SMILES string of the molecule is c1ccc(-c2nc(-c3cccc(-c4ccc(-c5cccc(-c6nc(-c7ccccc7)nc(-c7ccc8ccccc8c7)n6)c5)c(-c5ccncc5)c4)c3)nc(-c3ccc4ccccc4c3)n2)cc1. The Hall–Kier alpha value is -9.33. The van der Waals surface area contributed by atoms with Gasteiger partial charge in [-0.1, -0.05) is 182 Å². The normalized spacial score (nSPS) is 11.2. The first kappa shape index (κ1) is 40.2. The van der Waals surface area contributed by atoms with Crippen molar-refractivity contribution >= 4 is 21.5 Å². The van der Waals surface area contributed by atoms with Crippen LogP contribution in [0.4, 0.5) is 0 Å². The van der Waals surface area contributed by atoms with Crippen LogP contribution >= 0.6 is 0 Å². The molecule has 68 heavy (non-hydrogen) atoms. The molecule has 0 saturated heterocycles. The Morgan fingerprint density at radius 3 is 1.07 bits per heavy atom. The van der Waals surface area contributed by atoms with E-state index in [1.54, 1.807) is 0 Å². The lowest BCUT2D eigenvalue weighted by molar-refractivity contribution is 1.07. The van der Waals surface area contributed by atoms with E-state index in [0.29, 0.717) is 34.9 Å². The lowest BCUT2D eigenvalue weighted by atomic mass is 9.90. The third kappa shape index (κ3) is 8.05. The first-order valence-corrected chi connectivity index (χ1v) is 22.5. The van der Waals surface area contributed by atoms with Crippen LogP contribution in [0.15, 0.2) is 237 Å². The van der Waals surface area contributed by atoms with Crippen molar-refractivity contribution in [3.05, 3.63) is 237 Å². The summed E-state index contributed by atoms with van der Waals surface area (Å²) in [7, 11) is 0. The maximum absolute atomic E-state index is 5.12. The Morgan fingerprint density at radius 2 is 0.559 bits per heavy atom. The number of pyridine rings is 1. The highest BCUT2D eigenvalue weighted by Gasteiger charge is 2.17. The average Bonchev–Trinajstić information content (AvgIpc) is 3.43. The van der Waals surface area contributed by atoms with Gasteiger partial charge in [-0.2, -0.15) is 0 Å². The maximum atomic E-state index is 5.12. The lowest BCUT2D eigenvalue weighted by Gasteiger charge is -2.15.